The summed E-state index contributed by atoms with van der Waals surface area (Å²) in [6, 6.07) is 4.67. The molecule has 1 amide bonds. The van der Waals surface area contributed by atoms with Gasteiger partial charge in [0.15, 0.2) is 0 Å². The third kappa shape index (κ3) is 2.83. The van der Waals surface area contributed by atoms with Gasteiger partial charge >= 0.3 is 7.12 Å². The highest BCUT2D eigenvalue weighted by Gasteiger charge is 2.52. The summed E-state index contributed by atoms with van der Waals surface area (Å²) < 4.78 is 26.2. The molecule has 1 heterocycles. The van der Waals surface area contributed by atoms with Crippen molar-refractivity contribution in [1.29, 1.82) is 0 Å². The lowest BCUT2D eigenvalue weighted by atomic mass is 9.77. The molecule has 0 atom stereocenters. The second kappa shape index (κ2) is 5.42. The Kier molecular flexibility index (Phi) is 4.13. The molecule has 1 aliphatic rings. The molecule has 114 valence electrons. The predicted molar refractivity (Wildman–Crippen MR) is 80.1 cm³/mol. The lowest BCUT2D eigenvalue weighted by Gasteiger charge is -2.32. The fourth-order valence-electron chi connectivity index (χ4n) is 2.13. The molecule has 1 aromatic rings. The van der Waals surface area contributed by atoms with Gasteiger partial charge in [-0.1, -0.05) is 12.1 Å². The van der Waals surface area contributed by atoms with Gasteiger partial charge in [-0.2, -0.15) is 0 Å². The van der Waals surface area contributed by atoms with Crippen molar-refractivity contribution in [3.05, 3.63) is 29.6 Å². The fourth-order valence-corrected chi connectivity index (χ4v) is 2.13. The number of halogens is 1. The molecule has 0 spiro atoms. The lowest BCUT2D eigenvalue weighted by molar-refractivity contribution is 0.00578. The van der Waals surface area contributed by atoms with Gasteiger partial charge in [0.1, 0.15) is 5.82 Å². The van der Waals surface area contributed by atoms with Gasteiger partial charge in [0.2, 0.25) is 0 Å². The van der Waals surface area contributed by atoms with Crippen LogP contribution in [0.4, 0.5) is 4.39 Å². The molecule has 1 fully saturated rings. The minimum Gasteiger partial charge on any atom is -0.399 e. The minimum atomic E-state index is -0.815. The molecule has 0 radical (unpaired) electrons. The second-order valence-electron chi connectivity index (χ2n) is 6.16. The molecular formula is C15H21BFNO3. The molecule has 6 heteroatoms. The lowest BCUT2D eigenvalue weighted by Crippen LogP contribution is -2.41. The number of amides is 1. The average Bonchev–Trinajstić information content (AvgIpc) is 2.58. The van der Waals surface area contributed by atoms with Crippen LogP contribution in [0.5, 0.6) is 0 Å². The zero-order chi connectivity index (χ0) is 15.8. The molecule has 1 N–H and O–H groups in total. The molecule has 0 aliphatic carbocycles. The molecule has 1 aliphatic heterocycles. The molecule has 0 aromatic heterocycles. The van der Waals surface area contributed by atoms with Crippen molar-refractivity contribution in [2.75, 3.05) is 6.54 Å². The Balaban J connectivity index is 2.35. The van der Waals surface area contributed by atoms with Gasteiger partial charge in [0.05, 0.1) is 16.8 Å². The molecule has 4 nitrogen and oxygen atoms in total. The van der Waals surface area contributed by atoms with Crippen LogP contribution in [0.2, 0.25) is 0 Å². The molecule has 21 heavy (non-hydrogen) atoms. The molecule has 0 unspecified atom stereocenters. The van der Waals surface area contributed by atoms with E-state index in [9.17, 15) is 9.18 Å². The summed E-state index contributed by atoms with van der Waals surface area (Å²) in [4.78, 5) is 11.9. The first-order valence-corrected chi connectivity index (χ1v) is 7.12. The van der Waals surface area contributed by atoms with Crippen molar-refractivity contribution in [2.24, 2.45) is 0 Å². The van der Waals surface area contributed by atoms with Crippen molar-refractivity contribution in [3.63, 3.8) is 0 Å². The third-order valence-corrected chi connectivity index (χ3v) is 4.12. The summed E-state index contributed by atoms with van der Waals surface area (Å²) in [7, 11) is -0.815. The van der Waals surface area contributed by atoms with Crippen LogP contribution >= 0.6 is 0 Å². The standard InChI is InChI=1S/C15H21BFNO3/c1-6-18-13(19)10-8-7-9-11(12(10)17)16-20-14(2,3)15(4,5)21-16/h7-9H,6H2,1-5H3,(H,18,19). The maximum Gasteiger partial charge on any atom is 0.497 e. The van der Waals surface area contributed by atoms with Crippen LogP contribution in [0, 0.1) is 5.82 Å². The molecular weight excluding hydrogens is 272 g/mol. The van der Waals surface area contributed by atoms with Crippen LogP contribution < -0.4 is 10.8 Å². The van der Waals surface area contributed by atoms with Crippen LogP contribution in [0.1, 0.15) is 45.0 Å². The van der Waals surface area contributed by atoms with Crippen LogP contribution in [0.25, 0.3) is 0 Å². The maximum atomic E-state index is 14.6. The first-order valence-electron chi connectivity index (χ1n) is 7.12. The van der Waals surface area contributed by atoms with E-state index >= 15 is 0 Å². The number of benzene rings is 1. The Hall–Kier alpha value is -1.40. The van der Waals surface area contributed by atoms with Crippen LogP contribution in [0.15, 0.2) is 18.2 Å². The summed E-state index contributed by atoms with van der Waals surface area (Å²) >= 11 is 0. The molecule has 0 saturated carbocycles. The minimum absolute atomic E-state index is 0.00376. The first-order chi connectivity index (χ1) is 9.69. The summed E-state index contributed by atoms with van der Waals surface area (Å²) in [6.07, 6.45) is 0. The van der Waals surface area contributed by atoms with Gasteiger partial charge < -0.3 is 14.6 Å². The summed E-state index contributed by atoms with van der Waals surface area (Å²) in [6.45, 7) is 9.83. The van der Waals surface area contributed by atoms with Gasteiger partial charge in [-0.3, -0.25) is 4.79 Å². The van der Waals surface area contributed by atoms with E-state index in [-0.39, 0.29) is 11.0 Å². The van der Waals surface area contributed by atoms with E-state index in [0.29, 0.717) is 6.54 Å². The van der Waals surface area contributed by atoms with Crippen LogP contribution in [0.3, 0.4) is 0 Å². The highest BCUT2D eigenvalue weighted by atomic mass is 19.1. The van der Waals surface area contributed by atoms with Gasteiger partial charge in [0, 0.05) is 12.0 Å². The summed E-state index contributed by atoms with van der Waals surface area (Å²) in [5.74, 6) is -1.03. The Labute approximate surface area is 125 Å². The van der Waals surface area contributed by atoms with Gasteiger partial charge in [0.25, 0.3) is 5.91 Å². The van der Waals surface area contributed by atoms with E-state index < -0.39 is 30.0 Å². The summed E-state index contributed by atoms with van der Waals surface area (Å²) in [5.41, 5.74) is -0.848. The number of nitrogens with one attached hydrogen (secondary N) is 1. The Morgan fingerprint density at radius 3 is 2.33 bits per heavy atom. The molecule has 0 bridgehead atoms. The van der Waals surface area contributed by atoms with Gasteiger partial charge in [-0.25, -0.2) is 4.39 Å². The number of hydrogen-bond donors (Lipinski definition) is 1. The van der Waals surface area contributed by atoms with E-state index in [2.05, 4.69) is 5.32 Å². The topological polar surface area (TPSA) is 47.6 Å². The summed E-state index contributed by atoms with van der Waals surface area (Å²) in [5, 5.41) is 2.59. The van der Waals surface area contributed by atoms with Gasteiger partial charge in [-0.05, 0) is 40.7 Å². The number of carbonyl (C=O) groups is 1. The highest BCUT2D eigenvalue weighted by Crippen LogP contribution is 2.36. The molecule has 2 rings (SSSR count). The average molecular weight is 293 g/mol. The maximum absolute atomic E-state index is 14.6. The van der Waals surface area contributed by atoms with E-state index in [1.165, 1.54) is 6.07 Å². The number of rotatable bonds is 3. The largest absolute Gasteiger partial charge is 0.497 e. The van der Waals surface area contributed by atoms with Crippen LogP contribution in [-0.2, 0) is 9.31 Å². The fraction of sp³-hybridized carbons (Fsp3) is 0.533. The zero-order valence-corrected chi connectivity index (χ0v) is 13.1. The van der Waals surface area contributed by atoms with Crippen molar-refractivity contribution >= 4 is 18.5 Å². The van der Waals surface area contributed by atoms with Crippen molar-refractivity contribution in [1.82, 2.24) is 5.32 Å². The zero-order valence-electron chi connectivity index (χ0n) is 13.1. The molecule has 1 saturated heterocycles. The van der Waals surface area contributed by atoms with Crippen molar-refractivity contribution in [2.45, 2.75) is 45.8 Å². The number of carbonyl (C=O) groups excluding carboxylic acids is 1. The van der Waals surface area contributed by atoms with Crippen molar-refractivity contribution in [3.8, 4) is 0 Å². The Morgan fingerprint density at radius 2 is 1.81 bits per heavy atom. The van der Waals surface area contributed by atoms with Gasteiger partial charge in [-0.15, -0.1) is 0 Å². The quantitative estimate of drug-likeness (QED) is 0.866. The Bertz CT molecular complexity index is 544. The SMILES string of the molecule is CCNC(=O)c1cccc(B2OC(C)(C)C(C)(C)O2)c1F. The molecule has 1 aromatic carbocycles. The van der Waals surface area contributed by atoms with E-state index in [1.807, 2.05) is 27.7 Å². The monoisotopic (exact) mass is 293 g/mol. The second-order valence-corrected chi connectivity index (χ2v) is 6.16. The van der Waals surface area contributed by atoms with E-state index in [4.69, 9.17) is 9.31 Å². The normalized spacial score (nSPS) is 19.6. The van der Waals surface area contributed by atoms with E-state index in [1.54, 1.807) is 19.1 Å². The predicted octanol–water partition coefficient (Wildman–Crippen LogP) is 1.87. The Morgan fingerprint density at radius 1 is 1.24 bits per heavy atom. The van der Waals surface area contributed by atoms with E-state index in [0.717, 1.165) is 0 Å². The van der Waals surface area contributed by atoms with Crippen LogP contribution in [-0.4, -0.2) is 30.8 Å². The number of hydrogen-bond acceptors (Lipinski definition) is 3. The third-order valence-electron chi connectivity index (χ3n) is 4.12. The highest BCUT2D eigenvalue weighted by molar-refractivity contribution is 6.62. The smallest absolute Gasteiger partial charge is 0.399 e. The van der Waals surface area contributed by atoms with Crippen molar-refractivity contribution < 1.29 is 18.5 Å². The first kappa shape index (κ1) is 16.0.